The zero-order valence-electron chi connectivity index (χ0n) is 18.9. The monoisotopic (exact) mass is 613 g/mol. The van der Waals surface area contributed by atoms with Crippen molar-refractivity contribution in [3.05, 3.63) is 0 Å². The average molecular weight is 613 g/mol. The SMILES string of the molecule is C[N+](C)(CCCN(CCC(=O)[O-])S(=O)(=O)C(F)(F)C(F)(F)C(F)(F)C(F)(F)C(F)(F)C(F)(F)F)CC(=O)[O-]. The molecule has 226 valence electrons. The van der Waals surface area contributed by atoms with Gasteiger partial charge in [-0.1, -0.05) is 0 Å². The highest BCUT2D eigenvalue weighted by atomic mass is 32.2. The van der Waals surface area contributed by atoms with E-state index in [0.29, 0.717) is 0 Å². The summed E-state index contributed by atoms with van der Waals surface area (Å²) >= 11 is 0. The van der Waals surface area contributed by atoms with Gasteiger partial charge in [0.1, 0.15) is 6.54 Å². The molecule has 38 heavy (non-hydrogen) atoms. The molecule has 0 aromatic carbocycles. The minimum Gasteiger partial charge on any atom is -0.550 e. The van der Waals surface area contributed by atoms with E-state index in [4.69, 9.17) is 0 Å². The van der Waals surface area contributed by atoms with E-state index in [1.165, 1.54) is 0 Å². The lowest BCUT2D eigenvalue weighted by atomic mass is 9.98. The van der Waals surface area contributed by atoms with E-state index in [1.807, 2.05) is 0 Å². The maximum Gasteiger partial charge on any atom is 0.460 e. The third-order valence-corrected chi connectivity index (χ3v) is 6.81. The Balaban J connectivity index is 6.56. The molecule has 0 amide bonds. The van der Waals surface area contributed by atoms with Gasteiger partial charge in [-0.15, -0.1) is 0 Å². The van der Waals surface area contributed by atoms with Crippen molar-refractivity contribution in [1.82, 2.24) is 4.31 Å². The molecule has 0 aliphatic heterocycles. The number of carboxylic acid groups (broad SMARTS) is 2. The van der Waals surface area contributed by atoms with Gasteiger partial charge < -0.3 is 24.3 Å². The second kappa shape index (κ2) is 10.8. The van der Waals surface area contributed by atoms with Crippen molar-refractivity contribution in [3.63, 3.8) is 0 Å². The smallest absolute Gasteiger partial charge is 0.460 e. The molecule has 0 saturated carbocycles. The second-order valence-corrected chi connectivity index (χ2v) is 10.4. The van der Waals surface area contributed by atoms with Crippen LogP contribution in [0.3, 0.4) is 0 Å². The zero-order chi connectivity index (χ0) is 31.0. The van der Waals surface area contributed by atoms with E-state index in [-0.39, 0.29) is 0 Å². The fourth-order valence-corrected chi connectivity index (χ4v) is 4.23. The highest BCUT2D eigenvalue weighted by Crippen LogP contribution is 2.61. The molecule has 0 fully saturated rings. The van der Waals surface area contributed by atoms with Gasteiger partial charge in [-0.25, -0.2) is 8.42 Å². The van der Waals surface area contributed by atoms with Gasteiger partial charge in [0, 0.05) is 31.9 Å². The van der Waals surface area contributed by atoms with E-state index in [2.05, 4.69) is 0 Å². The zero-order valence-corrected chi connectivity index (χ0v) is 19.7. The first-order valence-electron chi connectivity index (χ1n) is 9.61. The highest BCUT2D eigenvalue weighted by Gasteiger charge is 2.92. The highest BCUT2D eigenvalue weighted by molar-refractivity contribution is 7.90. The number of aliphatic carboxylic acids is 2. The summed E-state index contributed by atoms with van der Waals surface area (Å²) in [5.41, 5.74) is 0. The van der Waals surface area contributed by atoms with Crippen LogP contribution >= 0.6 is 0 Å². The third kappa shape index (κ3) is 6.54. The van der Waals surface area contributed by atoms with Gasteiger partial charge in [0.05, 0.1) is 26.6 Å². The Bertz CT molecular complexity index is 983. The molecular weight excluding hydrogens is 595 g/mol. The molecule has 0 aliphatic rings. The van der Waals surface area contributed by atoms with Crippen molar-refractivity contribution in [3.8, 4) is 0 Å². The summed E-state index contributed by atoms with van der Waals surface area (Å²) in [4.78, 5) is 21.2. The number of hydrogen-bond acceptors (Lipinski definition) is 6. The van der Waals surface area contributed by atoms with Gasteiger partial charge in [0.15, 0.2) is 0 Å². The van der Waals surface area contributed by atoms with Gasteiger partial charge >= 0.3 is 35.1 Å². The molecule has 22 heteroatoms. The van der Waals surface area contributed by atoms with E-state index < -0.39 is 105 Å². The number of sulfonamides is 1. The molecule has 0 aliphatic carbocycles. The van der Waals surface area contributed by atoms with Gasteiger partial charge in [0.2, 0.25) is 0 Å². The first-order valence-corrected chi connectivity index (χ1v) is 11.0. The minimum atomic E-state index is -8.37. The fraction of sp³-hybridized carbons (Fsp3) is 0.875. The lowest BCUT2D eigenvalue weighted by molar-refractivity contribution is -0.884. The van der Waals surface area contributed by atoms with Crippen LogP contribution in [0.1, 0.15) is 12.8 Å². The normalized spacial score (nSPS) is 15.2. The average Bonchev–Trinajstić information content (AvgIpc) is 2.67. The standard InChI is InChI=1S/C16H19F13N2O6S/c1-31(2,8-10(34)35)7-3-5-30(6-4-9(32)33)38(36,37)16(28,29)14(23,24)12(19,20)11(17,18)13(21,22)15(25,26)27/h3-8H2,1-2H3,(H-,32,33,34,35)/p-1. The van der Waals surface area contributed by atoms with Crippen LogP contribution < -0.4 is 10.2 Å². The summed E-state index contributed by atoms with van der Waals surface area (Å²) in [5, 5.41) is 13.7. The van der Waals surface area contributed by atoms with Crippen molar-refractivity contribution in [2.45, 2.75) is 48.0 Å². The molecule has 0 unspecified atom stereocenters. The van der Waals surface area contributed by atoms with Crippen LogP contribution in [0, 0.1) is 0 Å². The number of carbonyl (C=O) groups is 2. The molecule has 0 radical (unpaired) electrons. The van der Waals surface area contributed by atoms with Crippen LogP contribution in [0.5, 0.6) is 0 Å². The van der Waals surface area contributed by atoms with Crippen LogP contribution in [-0.4, -0.2) is 105 Å². The second-order valence-electron chi connectivity index (χ2n) is 8.38. The molecule has 0 heterocycles. The molecule has 0 bridgehead atoms. The molecule has 0 spiro atoms. The summed E-state index contributed by atoms with van der Waals surface area (Å²) in [5.74, 6) is -36.9. The molecule has 0 aromatic heterocycles. The maximum absolute atomic E-state index is 14.3. The molecule has 0 aromatic rings. The largest absolute Gasteiger partial charge is 0.550 e. The number of alkyl halides is 13. The van der Waals surface area contributed by atoms with Crippen LogP contribution in [0.4, 0.5) is 57.1 Å². The van der Waals surface area contributed by atoms with E-state index in [9.17, 15) is 85.3 Å². The maximum atomic E-state index is 14.3. The Labute approximate surface area is 205 Å². The lowest BCUT2D eigenvalue weighted by Gasteiger charge is -2.40. The predicted molar refractivity (Wildman–Crippen MR) is 92.4 cm³/mol. The molecule has 0 saturated heterocycles. The molecule has 0 N–H and O–H groups in total. The predicted octanol–water partition coefficient (Wildman–Crippen LogP) is 0.671. The van der Waals surface area contributed by atoms with Crippen LogP contribution in [0.25, 0.3) is 0 Å². The van der Waals surface area contributed by atoms with E-state index in [1.54, 1.807) is 0 Å². The number of nitrogens with zero attached hydrogens (tertiary/aromatic N) is 2. The lowest BCUT2D eigenvalue weighted by Crippen LogP contribution is -2.72. The third-order valence-electron chi connectivity index (χ3n) is 4.86. The quantitative estimate of drug-likeness (QED) is 0.198. The molecule has 8 nitrogen and oxygen atoms in total. The summed E-state index contributed by atoms with van der Waals surface area (Å²) in [6.07, 6.45) is -10.1. The number of carbonyl (C=O) groups excluding carboxylic acids is 2. The first kappa shape index (κ1) is 35.9. The summed E-state index contributed by atoms with van der Waals surface area (Å²) < 4.78 is 196. The van der Waals surface area contributed by atoms with Gasteiger partial charge in [0.25, 0.3) is 10.0 Å². The fourth-order valence-electron chi connectivity index (χ4n) is 2.75. The first-order chi connectivity index (χ1) is 16.4. The van der Waals surface area contributed by atoms with Gasteiger partial charge in [-0.3, -0.25) is 0 Å². The van der Waals surface area contributed by atoms with E-state index >= 15 is 0 Å². The van der Waals surface area contributed by atoms with Gasteiger partial charge in [-0.05, 0) is 0 Å². The number of quaternary nitrogens is 1. The number of halogens is 13. The Kier molecular flexibility index (Phi) is 10.2. The van der Waals surface area contributed by atoms with Crippen LogP contribution in [-0.2, 0) is 19.6 Å². The Morgan fingerprint density at radius 1 is 0.711 bits per heavy atom. The number of likely N-dealkylation sites (N-methyl/N-ethyl adjacent to an activating group) is 1. The number of hydrogen-bond donors (Lipinski definition) is 0. The van der Waals surface area contributed by atoms with Crippen molar-refractivity contribution in [1.29, 1.82) is 0 Å². The topological polar surface area (TPSA) is 118 Å². The van der Waals surface area contributed by atoms with E-state index in [0.717, 1.165) is 14.1 Å². The molecule has 0 atom stereocenters. The molecular formula is C16H18F13N2O6S-. The van der Waals surface area contributed by atoms with Crippen LogP contribution in [0.2, 0.25) is 0 Å². The van der Waals surface area contributed by atoms with Crippen molar-refractivity contribution in [2.75, 3.05) is 40.3 Å². The van der Waals surface area contributed by atoms with Crippen molar-refractivity contribution in [2.24, 2.45) is 0 Å². The Hall–Kier alpha value is -2.10. The van der Waals surface area contributed by atoms with Crippen molar-refractivity contribution < 1.29 is 89.8 Å². The van der Waals surface area contributed by atoms with Gasteiger partial charge in [-0.2, -0.15) is 61.4 Å². The summed E-state index contributed by atoms with van der Waals surface area (Å²) in [6, 6.07) is 0. The minimum absolute atomic E-state index is 0.528. The summed E-state index contributed by atoms with van der Waals surface area (Å²) in [6.45, 7) is -4.60. The Morgan fingerprint density at radius 2 is 1.13 bits per heavy atom. The molecule has 0 rings (SSSR count). The van der Waals surface area contributed by atoms with Crippen LogP contribution in [0.15, 0.2) is 0 Å². The summed E-state index contributed by atoms with van der Waals surface area (Å²) in [7, 11) is -5.18. The number of rotatable bonds is 15. The van der Waals surface area contributed by atoms with Crippen molar-refractivity contribution >= 4 is 22.0 Å². The Morgan fingerprint density at radius 3 is 1.50 bits per heavy atom. The number of carboxylic acids is 2.